The highest BCUT2D eigenvalue weighted by molar-refractivity contribution is 5.92. The Balaban J connectivity index is 1.88. The number of ether oxygens (including phenoxy) is 3. The number of rotatable bonds is 8. The number of carbonyl (C=O) groups is 2. The third-order valence-corrected chi connectivity index (χ3v) is 3.75. The second kappa shape index (κ2) is 7.85. The molecule has 2 rings (SSSR count). The third kappa shape index (κ3) is 4.87. The van der Waals surface area contributed by atoms with E-state index in [-0.39, 0.29) is 18.6 Å². The Kier molecular flexibility index (Phi) is 5.84. The molecule has 1 aliphatic rings. The van der Waals surface area contributed by atoms with Gasteiger partial charge in [0.05, 0.1) is 19.3 Å². The SMILES string of the molecule is CCOc1ccc(C(=O)OCC(=O)N[C@@H](C)C2CC2)cc1OC. The summed E-state index contributed by atoms with van der Waals surface area (Å²) in [6, 6.07) is 4.90. The molecule has 1 amide bonds. The molecule has 23 heavy (non-hydrogen) atoms. The van der Waals surface area contributed by atoms with E-state index >= 15 is 0 Å². The average Bonchev–Trinajstić information content (AvgIpc) is 3.38. The molecule has 1 atom stereocenters. The first-order valence-electron chi connectivity index (χ1n) is 7.82. The lowest BCUT2D eigenvalue weighted by Gasteiger charge is -2.13. The van der Waals surface area contributed by atoms with Crippen LogP contribution in [0.25, 0.3) is 0 Å². The maximum Gasteiger partial charge on any atom is 0.338 e. The number of amides is 1. The van der Waals surface area contributed by atoms with E-state index in [4.69, 9.17) is 14.2 Å². The number of esters is 1. The molecule has 1 fully saturated rings. The second-order valence-corrected chi connectivity index (χ2v) is 5.57. The number of benzene rings is 1. The lowest BCUT2D eigenvalue weighted by atomic mass is 10.2. The highest BCUT2D eigenvalue weighted by Crippen LogP contribution is 2.32. The highest BCUT2D eigenvalue weighted by Gasteiger charge is 2.29. The monoisotopic (exact) mass is 321 g/mol. The summed E-state index contributed by atoms with van der Waals surface area (Å²) in [5.74, 6) is 0.719. The van der Waals surface area contributed by atoms with Crippen LogP contribution in [-0.2, 0) is 9.53 Å². The fourth-order valence-corrected chi connectivity index (χ4v) is 2.29. The molecule has 126 valence electrons. The Morgan fingerprint density at radius 2 is 2.04 bits per heavy atom. The topological polar surface area (TPSA) is 73.9 Å². The molecule has 1 aromatic carbocycles. The van der Waals surface area contributed by atoms with Crippen molar-refractivity contribution in [3.63, 3.8) is 0 Å². The minimum atomic E-state index is -0.569. The number of hydrogen-bond donors (Lipinski definition) is 1. The first kappa shape index (κ1) is 17.1. The van der Waals surface area contributed by atoms with E-state index in [0.717, 1.165) is 12.8 Å². The summed E-state index contributed by atoms with van der Waals surface area (Å²) < 4.78 is 15.6. The molecule has 0 unspecified atom stereocenters. The van der Waals surface area contributed by atoms with Crippen molar-refractivity contribution in [2.75, 3.05) is 20.3 Å². The van der Waals surface area contributed by atoms with Crippen molar-refractivity contribution in [1.29, 1.82) is 0 Å². The summed E-state index contributed by atoms with van der Waals surface area (Å²) in [6.45, 7) is 4.04. The van der Waals surface area contributed by atoms with Crippen LogP contribution in [-0.4, -0.2) is 38.2 Å². The fourth-order valence-electron chi connectivity index (χ4n) is 2.29. The highest BCUT2D eigenvalue weighted by atomic mass is 16.5. The quantitative estimate of drug-likeness (QED) is 0.743. The molecule has 0 aromatic heterocycles. The fraction of sp³-hybridized carbons (Fsp3) is 0.529. The molecule has 1 N–H and O–H groups in total. The molecule has 1 saturated carbocycles. The number of nitrogens with one attached hydrogen (secondary N) is 1. The number of hydrogen-bond acceptors (Lipinski definition) is 5. The molecule has 0 saturated heterocycles. The summed E-state index contributed by atoms with van der Waals surface area (Å²) in [5, 5.41) is 2.84. The molecule has 1 aliphatic carbocycles. The van der Waals surface area contributed by atoms with Gasteiger partial charge >= 0.3 is 5.97 Å². The average molecular weight is 321 g/mol. The van der Waals surface area contributed by atoms with Crippen molar-refractivity contribution >= 4 is 11.9 Å². The van der Waals surface area contributed by atoms with E-state index in [1.807, 2.05) is 13.8 Å². The number of carbonyl (C=O) groups excluding carboxylic acids is 2. The van der Waals surface area contributed by atoms with Crippen LogP contribution < -0.4 is 14.8 Å². The van der Waals surface area contributed by atoms with E-state index < -0.39 is 5.97 Å². The first-order chi connectivity index (χ1) is 11.0. The summed E-state index contributed by atoms with van der Waals surface area (Å²) in [7, 11) is 1.50. The summed E-state index contributed by atoms with van der Waals surface area (Å²) in [5.41, 5.74) is 0.313. The summed E-state index contributed by atoms with van der Waals surface area (Å²) >= 11 is 0. The standard InChI is InChI=1S/C17H23NO5/c1-4-22-14-8-7-13(9-15(14)21-3)17(20)23-10-16(19)18-11(2)12-5-6-12/h7-9,11-12H,4-6,10H2,1-3H3,(H,18,19)/t11-/m0/s1. The van der Waals surface area contributed by atoms with Crippen LogP contribution in [0.15, 0.2) is 18.2 Å². The zero-order valence-electron chi connectivity index (χ0n) is 13.8. The predicted molar refractivity (Wildman–Crippen MR) is 84.8 cm³/mol. The van der Waals surface area contributed by atoms with Crippen LogP contribution in [0, 0.1) is 5.92 Å². The molecule has 1 aromatic rings. The maximum absolute atomic E-state index is 12.0. The van der Waals surface area contributed by atoms with E-state index in [0.29, 0.717) is 29.6 Å². The molecular weight excluding hydrogens is 298 g/mol. The van der Waals surface area contributed by atoms with Crippen LogP contribution >= 0.6 is 0 Å². The maximum atomic E-state index is 12.0. The van der Waals surface area contributed by atoms with Crippen molar-refractivity contribution < 1.29 is 23.8 Å². The lowest BCUT2D eigenvalue weighted by molar-refractivity contribution is -0.124. The van der Waals surface area contributed by atoms with Crippen molar-refractivity contribution in [3.8, 4) is 11.5 Å². The minimum Gasteiger partial charge on any atom is -0.493 e. The smallest absolute Gasteiger partial charge is 0.338 e. The summed E-state index contributed by atoms with van der Waals surface area (Å²) in [4.78, 5) is 23.8. The molecule has 0 bridgehead atoms. The molecule has 0 radical (unpaired) electrons. The Hall–Kier alpha value is -2.24. The van der Waals surface area contributed by atoms with Gasteiger partial charge in [0.15, 0.2) is 18.1 Å². The van der Waals surface area contributed by atoms with Crippen molar-refractivity contribution in [3.05, 3.63) is 23.8 Å². The largest absolute Gasteiger partial charge is 0.493 e. The first-order valence-corrected chi connectivity index (χ1v) is 7.82. The Morgan fingerprint density at radius 1 is 1.30 bits per heavy atom. The van der Waals surface area contributed by atoms with Gasteiger partial charge in [-0.2, -0.15) is 0 Å². The van der Waals surface area contributed by atoms with E-state index in [1.165, 1.54) is 13.2 Å². The van der Waals surface area contributed by atoms with Crippen LogP contribution in [0.1, 0.15) is 37.0 Å². The second-order valence-electron chi connectivity index (χ2n) is 5.57. The van der Waals surface area contributed by atoms with Gasteiger partial charge < -0.3 is 19.5 Å². The van der Waals surface area contributed by atoms with Gasteiger partial charge in [-0.15, -0.1) is 0 Å². The Labute approximate surface area is 136 Å². The van der Waals surface area contributed by atoms with Gasteiger partial charge in [0.2, 0.25) is 0 Å². The van der Waals surface area contributed by atoms with Crippen LogP contribution in [0.5, 0.6) is 11.5 Å². The van der Waals surface area contributed by atoms with Gasteiger partial charge in [-0.25, -0.2) is 4.79 Å². The van der Waals surface area contributed by atoms with Gasteiger partial charge in [-0.1, -0.05) is 0 Å². The van der Waals surface area contributed by atoms with Crippen LogP contribution in [0.3, 0.4) is 0 Å². The normalized spacial score (nSPS) is 14.7. The minimum absolute atomic E-state index is 0.131. The Bertz CT molecular complexity index is 568. The molecule has 6 heteroatoms. The molecule has 0 spiro atoms. The van der Waals surface area contributed by atoms with Gasteiger partial charge in [-0.05, 0) is 50.8 Å². The van der Waals surface area contributed by atoms with Gasteiger partial charge in [-0.3, -0.25) is 4.79 Å². The van der Waals surface area contributed by atoms with E-state index in [1.54, 1.807) is 12.1 Å². The van der Waals surface area contributed by atoms with Gasteiger partial charge in [0.25, 0.3) is 5.91 Å². The predicted octanol–water partition coefficient (Wildman–Crippen LogP) is 2.17. The molecule has 6 nitrogen and oxygen atoms in total. The number of methoxy groups -OCH3 is 1. The van der Waals surface area contributed by atoms with Crippen molar-refractivity contribution in [2.24, 2.45) is 5.92 Å². The molecule has 0 aliphatic heterocycles. The van der Waals surface area contributed by atoms with E-state index in [9.17, 15) is 9.59 Å². The summed E-state index contributed by atoms with van der Waals surface area (Å²) in [6.07, 6.45) is 2.29. The zero-order chi connectivity index (χ0) is 16.8. The van der Waals surface area contributed by atoms with Crippen molar-refractivity contribution in [1.82, 2.24) is 5.32 Å². The van der Waals surface area contributed by atoms with Crippen molar-refractivity contribution in [2.45, 2.75) is 32.7 Å². The lowest BCUT2D eigenvalue weighted by Crippen LogP contribution is -2.37. The third-order valence-electron chi connectivity index (χ3n) is 3.75. The van der Waals surface area contributed by atoms with Gasteiger partial charge in [0.1, 0.15) is 0 Å². The van der Waals surface area contributed by atoms with Crippen LogP contribution in [0.4, 0.5) is 0 Å². The molecular formula is C17H23NO5. The van der Waals surface area contributed by atoms with E-state index in [2.05, 4.69) is 5.32 Å². The van der Waals surface area contributed by atoms with Gasteiger partial charge in [0, 0.05) is 6.04 Å². The zero-order valence-corrected chi connectivity index (χ0v) is 13.8. The molecule has 0 heterocycles. The Morgan fingerprint density at radius 3 is 2.65 bits per heavy atom. The van der Waals surface area contributed by atoms with Crippen LogP contribution in [0.2, 0.25) is 0 Å².